The average molecular weight is 461 g/mol. The summed E-state index contributed by atoms with van der Waals surface area (Å²) in [5, 5.41) is 3.66. The minimum absolute atomic E-state index is 0.570. The molecule has 0 amide bonds. The second kappa shape index (κ2) is 9.24. The van der Waals surface area contributed by atoms with Crippen LogP contribution in [0.15, 0.2) is 24.3 Å². The summed E-state index contributed by atoms with van der Waals surface area (Å²) in [5.74, 6) is 3.99. The second-order valence-corrected chi connectivity index (χ2v) is 12.6. The summed E-state index contributed by atoms with van der Waals surface area (Å²) in [5.41, 5.74) is 2.61. The highest BCUT2D eigenvalue weighted by molar-refractivity contribution is 5.76. The molecule has 4 bridgehead atoms. The quantitative estimate of drug-likeness (QED) is 0.574. The van der Waals surface area contributed by atoms with E-state index in [1.165, 1.54) is 107 Å². The molecule has 34 heavy (non-hydrogen) atoms. The Bertz CT molecular complexity index is 963. The first-order chi connectivity index (χ1) is 16.8. The van der Waals surface area contributed by atoms with Crippen LogP contribution in [0.5, 0.6) is 0 Å². The monoisotopic (exact) mass is 460 g/mol. The van der Waals surface area contributed by atoms with Gasteiger partial charge in [-0.2, -0.15) is 0 Å². The molecule has 2 aliphatic carbocycles. The van der Waals surface area contributed by atoms with Gasteiger partial charge in [0.15, 0.2) is 0 Å². The molecule has 5 atom stereocenters. The first kappa shape index (κ1) is 21.9. The third kappa shape index (κ3) is 3.93. The number of hydrogen-bond acceptors (Lipinski definition) is 3. The lowest BCUT2D eigenvalue weighted by atomic mass is 9.73. The predicted octanol–water partition coefficient (Wildman–Crippen LogP) is 6.42. The summed E-state index contributed by atoms with van der Waals surface area (Å²) in [4.78, 5) is 8.39. The summed E-state index contributed by atoms with van der Waals surface area (Å²) in [6.45, 7) is 2.27. The van der Waals surface area contributed by atoms with Gasteiger partial charge in [0.2, 0.25) is 0 Å². The number of aromatic nitrogens is 2. The molecule has 4 heterocycles. The number of imidazole rings is 1. The molecule has 0 spiro atoms. The number of hydrogen-bond donors (Lipinski definition) is 1. The second-order valence-electron chi connectivity index (χ2n) is 12.6. The van der Waals surface area contributed by atoms with Crippen molar-refractivity contribution in [3.8, 4) is 0 Å². The Labute approximate surface area is 205 Å². The van der Waals surface area contributed by atoms with Gasteiger partial charge < -0.3 is 9.88 Å². The van der Waals surface area contributed by atoms with Crippen LogP contribution in [0.25, 0.3) is 11.0 Å². The molecule has 3 saturated heterocycles. The van der Waals surface area contributed by atoms with E-state index in [4.69, 9.17) is 4.98 Å². The number of nitrogens with zero attached hydrogens (tertiary/aromatic N) is 3. The van der Waals surface area contributed by atoms with Crippen LogP contribution in [-0.4, -0.2) is 45.7 Å². The largest absolute Gasteiger partial charge is 0.324 e. The molecule has 2 saturated carbocycles. The average Bonchev–Trinajstić information content (AvgIpc) is 3.17. The van der Waals surface area contributed by atoms with E-state index in [0.29, 0.717) is 12.0 Å². The fourth-order valence-electron chi connectivity index (χ4n) is 9.11. The van der Waals surface area contributed by atoms with E-state index in [1.807, 2.05) is 0 Å². The first-order valence-corrected chi connectivity index (χ1v) is 14.8. The topological polar surface area (TPSA) is 33.1 Å². The molecule has 5 aliphatic rings. The van der Waals surface area contributed by atoms with E-state index in [9.17, 15) is 0 Å². The SMILES string of the molecule is c1ccc2c(c1)nc(C1CCCNC1)n2C1CC2CCCC(C1)N2C1CC2CCCCC(C2)C1. The predicted molar refractivity (Wildman–Crippen MR) is 139 cm³/mol. The molecule has 184 valence electrons. The van der Waals surface area contributed by atoms with E-state index in [-0.39, 0.29) is 0 Å². The van der Waals surface area contributed by atoms with Crippen LogP contribution in [0.1, 0.15) is 108 Å². The number of para-hydroxylation sites is 2. The number of fused-ring (bicyclic) bond motifs is 5. The molecule has 4 heteroatoms. The number of rotatable bonds is 3. The maximum absolute atomic E-state index is 5.27. The van der Waals surface area contributed by atoms with E-state index in [0.717, 1.165) is 36.5 Å². The number of nitrogens with one attached hydrogen (secondary N) is 1. The van der Waals surface area contributed by atoms with Crippen molar-refractivity contribution in [2.75, 3.05) is 13.1 Å². The highest BCUT2D eigenvalue weighted by Gasteiger charge is 2.45. The van der Waals surface area contributed by atoms with Crippen molar-refractivity contribution in [3.63, 3.8) is 0 Å². The van der Waals surface area contributed by atoms with E-state index in [2.05, 4.69) is 39.0 Å². The molecule has 5 fully saturated rings. The zero-order valence-electron chi connectivity index (χ0n) is 21.0. The summed E-state index contributed by atoms with van der Waals surface area (Å²) in [6, 6.07) is 12.1. The summed E-state index contributed by atoms with van der Waals surface area (Å²) < 4.78 is 2.75. The van der Waals surface area contributed by atoms with Crippen LogP contribution in [0.2, 0.25) is 0 Å². The Morgan fingerprint density at radius 3 is 2.21 bits per heavy atom. The molecule has 2 aromatic rings. The lowest BCUT2D eigenvalue weighted by Gasteiger charge is -2.55. The normalized spacial score (nSPS) is 39.1. The van der Waals surface area contributed by atoms with Crippen LogP contribution in [-0.2, 0) is 0 Å². The first-order valence-electron chi connectivity index (χ1n) is 14.8. The Morgan fingerprint density at radius 1 is 0.706 bits per heavy atom. The molecule has 1 N–H and O–H groups in total. The third-order valence-electron chi connectivity index (χ3n) is 10.4. The fraction of sp³-hybridized carbons (Fsp3) is 0.767. The molecule has 0 radical (unpaired) electrons. The Balaban J connectivity index is 1.19. The standard InChI is InChI=1S/C30H44N4/c1-2-8-22-15-21(7-1)16-26(17-22)33-24-10-5-11-25(33)19-27(18-24)34-29-13-4-3-12-28(29)32-30(34)23-9-6-14-31-20-23/h3-4,12-13,21-27,31H,1-2,5-11,14-20H2. The van der Waals surface area contributed by atoms with Crippen LogP contribution < -0.4 is 5.32 Å². The van der Waals surface area contributed by atoms with Crippen LogP contribution in [0.3, 0.4) is 0 Å². The molecular weight excluding hydrogens is 416 g/mol. The third-order valence-corrected chi connectivity index (χ3v) is 10.4. The Morgan fingerprint density at radius 2 is 1.47 bits per heavy atom. The maximum atomic E-state index is 5.27. The highest BCUT2D eigenvalue weighted by Crippen LogP contribution is 2.47. The Hall–Kier alpha value is -1.39. The zero-order valence-corrected chi connectivity index (χ0v) is 21.0. The van der Waals surface area contributed by atoms with Crippen LogP contribution >= 0.6 is 0 Å². The molecule has 4 nitrogen and oxygen atoms in total. The van der Waals surface area contributed by atoms with E-state index < -0.39 is 0 Å². The minimum atomic E-state index is 0.570. The molecule has 1 aromatic heterocycles. The van der Waals surface area contributed by atoms with Crippen molar-refractivity contribution in [3.05, 3.63) is 30.1 Å². The van der Waals surface area contributed by atoms with Crippen molar-refractivity contribution >= 4 is 11.0 Å². The zero-order chi connectivity index (χ0) is 22.5. The van der Waals surface area contributed by atoms with Crippen LogP contribution in [0, 0.1) is 11.8 Å². The van der Waals surface area contributed by atoms with Crippen molar-refractivity contribution in [1.29, 1.82) is 0 Å². The smallest absolute Gasteiger partial charge is 0.114 e. The van der Waals surface area contributed by atoms with E-state index in [1.54, 1.807) is 6.42 Å². The molecule has 5 unspecified atom stereocenters. The van der Waals surface area contributed by atoms with Crippen molar-refractivity contribution < 1.29 is 0 Å². The summed E-state index contributed by atoms with van der Waals surface area (Å²) >= 11 is 0. The lowest BCUT2D eigenvalue weighted by molar-refractivity contribution is -0.0421. The van der Waals surface area contributed by atoms with Crippen molar-refractivity contribution in [2.45, 2.75) is 120 Å². The van der Waals surface area contributed by atoms with Gasteiger partial charge in [0, 0.05) is 36.6 Å². The fourth-order valence-corrected chi connectivity index (χ4v) is 9.11. The van der Waals surface area contributed by atoms with Crippen LogP contribution in [0.4, 0.5) is 0 Å². The van der Waals surface area contributed by atoms with Gasteiger partial charge in [-0.25, -0.2) is 4.98 Å². The van der Waals surface area contributed by atoms with Gasteiger partial charge in [0.1, 0.15) is 5.82 Å². The summed E-state index contributed by atoms with van der Waals surface area (Å²) in [6.07, 6.45) is 20.1. The van der Waals surface area contributed by atoms with Gasteiger partial charge in [-0.1, -0.05) is 44.2 Å². The molecule has 1 aromatic carbocycles. The maximum Gasteiger partial charge on any atom is 0.114 e. The highest BCUT2D eigenvalue weighted by atomic mass is 15.3. The van der Waals surface area contributed by atoms with Gasteiger partial charge in [-0.3, -0.25) is 4.90 Å². The minimum Gasteiger partial charge on any atom is -0.324 e. The molecule has 7 rings (SSSR count). The Kier molecular flexibility index (Phi) is 5.94. The van der Waals surface area contributed by atoms with Gasteiger partial charge in [-0.05, 0) is 88.3 Å². The number of piperidine rings is 3. The summed E-state index contributed by atoms with van der Waals surface area (Å²) in [7, 11) is 0. The molecule has 3 aliphatic heterocycles. The van der Waals surface area contributed by atoms with Gasteiger partial charge in [0.25, 0.3) is 0 Å². The molecular formula is C30H44N4. The van der Waals surface area contributed by atoms with Gasteiger partial charge in [0.05, 0.1) is 11.0 Å². The van der Waals surface area contributed by atoms with Crippen molar-refractivity contribution in [2.24, 2.45) is 11.8 Å². The van der Waals surface area contributed by atoms with E-state index >= 15 is 0 Å². The number of benzene rings is 1. The lowest BCUT2D eigenvalue weighted by Crippen LogP contribution is -2.58. The van der Waals surface area contributed by atoms with Gasteiger partial charge >= 0.3 is 0 Å². The van der Waals surface area contributed by atoms with Crippen molar-refractivity contribution in [1.82, 2.24) is 19.8 Å². The van der Waals surface area contributed by atoms with Gasteiger partial charge in [-0.15, -0.1) is 0 Å².